The fourth-order valence-corrected chi connectivity index (χ4v) is 3.18. The highest BCUT2D eigenvalue weighted by Crippen LogP contribution is 2.34. The maximum atomic E-state index is 3.95. The normalized spacial score (nSPS) is 37.1. The van der Waals surface area contributed by atoms with Gasteiger partial charge in [-0.15, -0.1) is 0 Å². The van der Waals surface area contributed by atoms with Gasteiger partial charge in [-0.3, -0.25) is 0 Å². The van der Waals surface area contributed by atoms with Crippen molar-refractivity contribution in [3.63, 3.8) is 0 Å². The minimum Gasteiger partial charge on any atom is -0.311 e. The zero-order valence-electron chi connectivity index (χ0n) is 12.1. The largest absolute Gasteiger partial charge is 0.311 e. The number of piperidine rings is 1. The van der Waals surface area contributed by atoms with Crippen molar-refractivity contribution < 1.29 is 0 Å². The second-order valence-corrected chi connectivity index (χ2v) is 6.56. The van der Waals surface area contributed by atoms with E-state index in [0.717, 1.165) is 30.0 Å². The number of nitrogens with one attached hydrogen (secondary N) is 1. The Morgan fingerprint density at radius 3 is 2.59 bits per heavy atom. The lowest BCUT2D eigenvalue weighted by atomic mass is 9.88. The maximum absolute atomic E-state index is 3.95. The van der Waals surface area contributed by atoms with Crippen molar-refractivity contribution in [2.45, 2.75) is 71.0 Å². The Bertz CT molecular complexity index is 237. The van der Waals surface area contributed by atoms with Gasteiger partial charge in [0.25, 0.3) is 0 Å². The third kappa shape index (κ3) is 3.69. The molecular weight excluding hydrogens is 208 g/mol. The summed E-state index contributed by atoms with van der Waals surface area (Å²) in [6.07, 6.45) is 7.00. The first kappa shape index (κ1) is 13.4. The first-order valence-corrected chi connectivity index (χ1v) is 7.56. The van der Waals surface area contributed by atoms with Crippen LogP contribution in [0.2, 0.25) is 0 Å². The first-order valence-electron chi connectivity index (χ1n) is 7.56. The van der Waals surface area contributed by atoms with E-state index in [1.54, 1.807) is 0 Å². The summed E-state index contributed by atoms with van der Waals surface area (Å²) in [6, 6.07) is 2.25. The zero-order chi connectivity index (χ0) is 12.4. The Balaban J connectivity index is 1.82. The molecule has 0 bridgehead atoms. The monoisotopic (exact) mass is 238 g/mol. The Labute approximate surface area is 107 Å². The zero-order valence-corrected chi connectivity index (χ0v) is 12.1. The molecule has 2 aliphatic rings. The number of hydrogen-bond acceptors (Lipinski definition) is 2. The van der Waals surface area contributed by atoms with Gasteiger partial charge in [0.05, 0.1) is 0 Å². The van der Waals surface area contributed by atoms with E-state index in [1.165, 1.54) is 38.6 Å². The molecule has 0 aromatic carbocycles. The highest BCUT2D eigenvalue weighted by Gasteiger charge is 2.31. The third-order valence-electron chi connectivity index (χ3n) is 4.87. The average Bonchev–Trinajstić information content (AvgIpc) is 3.08. The van der Waals surface area contributed by atoms with Crippen LogP contribution >= 0.6 is 0 Å². The molecule has 1 heterocycles. The lowest BCUT2D eigenvalue weighted by Gasteiger charge is -2.41. The molecule has 2 fully saturated rings. The molecule has 0 spiro atoms. The van der Waals surface area contributed by atoms with Crippen molar-refractivity contribution in [2.75, 3.05) is 13.6 Å². The summed E-state index contributed by atoms with van der Waals surface area (Å²) in [7, 11) is 2.26. The summed E-state index contributed by atoms with van der Waals surface area (Å²) >= 11 is 0. The topological polar surface area (TPSA) is 15.3 Å². The molecule has 17 heavy (non-hydrogen) atoms. The summed E-state index contributed by atoms with van der Waals surface area (Å²) in [6.45, 7) is 8.36. The van der Waals surface area contributed by atoms with Crippen LogP contribution < -0.4 is 5.32 Å². The van der Waals surface area contributed by atoms with E-state index in [1.807, 2.05) is 0 Å². The summed E-state index contributed by atoms with van der Waals surface area (Å²) in [5.74, 6) is 1.84. The number of nitrogens with zero attached hydrogens (tertiary/aromatic N) is 1. The number of rotatable bonds is 5. The molecule has 2 heteroatoms. The van der Waals surface area contributed by atoms with E-state index < -0.39 is 0 Å². The standard InChI is InChI=1S/C15H30N2/c1-5-14(9-13-6-7-13)16-15-8-12(3)17(4)10-11(15)2/h11-16H,5-10H2,1-4H3. The van der Waals surface area contributed by atoms with Crippen LogP contribution in [0.4, 0.5) is 0 Å². The number of hydrogen-bond donors (Lipinski definition) is 1. The minimum atomic E-state index is 0.738. The van der Waals surface area contributed by atoms with E-state index in [2.05, 4.69) is 38.0 Å². The van der Waals surface area contributed by atoms with Crippen molar-refractivity contribution in [1.29, 1.82) is 0 Å². The average molecular weight is 238 g/mol. The molecule has 2 nitrogen and oxygen atoms in total. The van der Waals surface area contributed by atoms with Crippen molar-refractivity contribution in [3.05, 3.63) is 0 Å². The van der Waals surface area contributed by atoms with Crippen LogP contribution in [0.15, 0.2) is 0 Å². The Hall–Kier alpha value is -0.0800. The minimum absolute atomic E-state index is 0.738. The molecule has 0 radical (unpaired) electrons. The van der Waals surface area contributed by atoms with Crippen LogP contribution in [-0.2, 0) is 0 Å². The first-order chi connectivity index (χ1) is 8.10. The molecule has 0 aromatic rings. The maximum Gasteiger partial charge on any atom is 0.0122 e. The fourth-order valence-electron chi connectivity index (χ4n) is 3.18. The molecule has 1 N–H and O–H groups in total. The van der Waals surface area contributed by atoms with Gasteiger partial charge in [-0.05, 0) is 45.1 Å². The van der Waals surface area contributed by atoms with Gasteiger partial charge >= 0.3 is 0 Å². The van der Waals surface area contributed by atoms with Crippen molar-refractivity contribution >= 4 is 0 Å². The van der Waals surface area contributed by atoms with Gasteiger partial charge in [0.2, 0.25) is 0 Å². The summed E-state index contributed by atoms with van der Waals surface area (Å²) in [4.78, 5) is 2.50. The van der Waals surface area contributed by atoms with Gasteiger partial charge in [-0.25, -0.2) is 0 Å². The molecule has 2 rings (SSSR count). The van der Waals surface area contributed by atoms with E-state index in [4.69, 9.17) is 0 Å². The highest BCUT2D eigenvalue weighted by atomic mass is 15.2. The van der Waals surface area contributed by atoms with Crippen LogP contribution in [0.25, 0.3) is 0 Å². The summed E-state index contributed by atoms with van der Waals surface area (Å²) < 4.78 is 0. The van der Waals surface area contributed by atoms with E-state index in [9.17, 15) is 0 Å². The van der Waals surface area contributed by atoms with Crippen LogP contribution in [-0.4, -0.2) is 36.6 Å². The summed E-state index contributed by atoms with van der Waals surface area (Å²) in [5, 5.41) is 3.95. The van der Waals surface area contributed by atoms with Crippen LogP contribution in [0.5, 0.6) is 0 Å². The van der Waals surface area contributed by atoms with E-state index in [0.29, 0.717) is 0 Å². The Kier molecular flexibility index (Phi) is 4.48. The van der Waals surface area contributed by atoms with Crippen LogP contribution in [0.1, 0.15) is 52.9 Å². The van der Waals surface area contributed by atoms with Crippen LogP contribution in [0, 0.1) is 11.8 Å². The molecule has 4 unspecified atom stereocenters. The Morgan fingerprint density at radius 1 is 1.29 bits per heavy atom. The highest BCUT2D eigenvalue weighted by molar-refractivity contribution is 4.89. The van der Waals surface area contributed by atoms with Crippen molar-refractivity contribution in [3.8, 4) is 0 Å². The molecule has 1 saturated carbocycles. The molecule has 4 atom stereocenters. The van der Waals surface area contributed by atoms with Gasteiger partial charge in [0.15, 0.2) is 0 Å². The predicted molar refractivity (Wildman–Crippen MR) is 74.2 cm³/mol. The molecule has 0 aromatic heterocycles. The molecular formula is C15H30N2. The molecule has 1 aliphatic heterocycles. The fraction of sp³-hybridized carbons (Fsp3) is 1.00. The second kappa shape index (κ2) is 5.71. The predicted octanol–water partition coefficient (Wildman–Crippen LogP) is 2.88. The molecule has 1 saturated heterocycles. The van der Waals surface area contributed by atoms with Gasteiger partial charge in [0.1, 0.15) is 0 Å². The molecule has 0 amide bonds. The molecule has 1 aliphatic carbocycles. The van der Waals surface area contributed by atoms with Crippen LogP contribution in [0.3, 0.4) is 0 Å². The lowest BCUT2D eigenvalue weighted by molar-refractivity contribution is 0.113. The van der Waals surface area contributed by atoms with Gasteiger partial charge in [-0.1, -0.05) is 26.7 Å². The van der Waals surface area contributed by atoms with E-state index in [-0.39, 0.29) is 0 Å². The van der Waals surface area contributed by atoms with Gasteiger partial charge in [0, 0.05) is 24.7 Å². The van der Waals surface area contributed by atoms with Gasteiger partial charge in [-0.2, -0.15) is 0 Å². The van der Waals surface area contributed by atoms with E-state index >= 15 is 0 Å². The third-order valence-corrected chi connectivity index (χ3v) is 4.87. The smallest absolute Gasteiger partial charge is 0.0122 e. The molecule has 100 valence electrons. The summed E-state index contributed by atoms with van der Waals surface area (Å²) in [5.41, 5.74) is 0. The van der Waals surface area contributed by atoms with Gasteiger partial charge < -0.3 is 10.2 Å². The van der Waals surface area contributed by atoms with Crippen molar-refractivity contribution in [1.82, 2.24) is 10.2 Å². The number of likely N-dealkylation sites (tertiary alicyclic amines) is 1. The van der Waals surface area contributed by atoms with Crippen molar-refractivity contribution in [2.24, 2.45) is 11.8 Å². The Morgan fingerprint density at radius 2 is 2.00 bits per heavy atom. The lowest BCUT2D eigenvalue weighted by Crippen LogP contribution is -2.53. The second-order valence-electron chi connectivity index (χ2n) is 6.56. The SMILES string of the molecule is CCC(CC1CC1)NC1CC(C)N(C)CC1C. The quantitative estimate of drug-likeness (QED) is 0.792.